The molecule has 1 spiro atoms. The van der Waals surface area contributed by atoms with E-state index >= 15 is 0 Å². The molecule has 4 atom stereocenters. The van der Waals surface area contributed by atoms with E-state index < -0.39 is 47.4 Å². The number of esters is 1. The molecule has 2 aromatic rings. The maximum absolute atomic E-state index is 13.8. The van der Waals surface area contributed by atoms with Crippen molar-refractivity contribution in [3.63, 3.8) is 0 Å². The van der Waals surface area contributed by atoms with Gasteiger partial charge in [0.2, 0.25) is 5.91 Å². The smallest absolute Gasteiger partial charge is 0.321 e. The van der Waals surface area contributed by atoms with Crippen LogP contribution in [0.15, 0.2) is 36.4 Å². The molecule has 0 saturated carbocycles. The summed E-state index contributed by atoms with van der Waals surface area (Å²) in [4.78, 5) is 58.6. The van der Waals surface area contributed by atoms with Gasteiger partial charge in [0.05, 0.1) is 43.7 Å². The Kier molecular flexibility index (Phi) is 9.62. The van der Waals surface area contributed by atoms with E-state index in [2.05, 4.69) is 16.1 Å². The van der Waals surface area contributed by atoms with E-state index in [1.165, 1.54) is 5.01 Å². The molecule has 0 aliphatic carbocycles. The van der Waals surface area contributed by atoms with Crippen molar-refractivity contribution in [1.29, 1.82) is 0 Å². The highest BCUT2D eigenvalue weighted by molar-refractivity contribution is 5.92. The Bertz CT molecular complexity index is 1440. The van der Waals surface area contributed by atoms with Crippen LogP contribution in [-0.2, 0) is 33.4 Å². The third kappa shape index (κ3) is 6.92. The number of carbonyl (C=O) groups is 4. The first-order valence-electron chi connectivity index (χ1n) is 15.2. The van der Waals surface area contributed by atoms with E-state index in [4.69, 9.17) is 19.2 Å². The van der Waals surface area contributed by atoms with E-state index in [0.29, 0.717) is 38.3 Å². The topological polar surface area (TPSA) is 148 Å². The summed E-state index contributed by atoms with van der Waals surface area (Å²) in [6, 6.07) is 7.63. The minimum Gasteiger partial charge on any atom is -0.451 e. The highest BCUT2D eigenvalue weighted by Crippen LogP contribution is 2.29. The van der Waals surface area contributed by atoms with Gasteiger partial charge in [-0.1, -0.05) is 44.2 Å². The molecule has 5 bridgehead atoms. The average Bonchev–Trinajstić information content (AvgIpc) is 3.27. The van der Waals surface area contributed by atoms with Crippen LogP contribution in [-0.4, -0.2) is 84.8 Å². The van der Waals surface area contributed by atoms with Crippen LogP contribution >= 0.6 is 0 Å². The molecule has 236 valence electrons. The van der Waals surface area contributed by atoms with Crippen LogP contribution in [0.1, 0.15) is 57.8 Å². The van der Waals surface area contributed by atoms with Crippen molar-refractivity contribution in [3.8, 4) is 0 Å². The lowest BCUT2D eigenvalue weighted by Crippen LogP contribution is -2.61. The molecule has 12 heteroatoms. The number of aromatic nitrogens is 1. The summed E-state index contributed by atoms with van der Waals surface area (Å²) in [5.74, 6) is -2.29. The predicted octanol–water partition coefficient (Wildman–Crippen LogP) is 2.04. The molecule has 0 radical (unpaired) electrons. The fraction of sp³-hybridized carbons (Fsp3) is 0.531. The Hall–Kier alpha value is -3.87. The maximum atomic E-state index is 13.8. The molecule has 1 aromatic heterocycles. The van der Waals surface area contributed by atoms with E-state index in [0.717, 1.165) is 16.5 Å². The van der Waals surface area contributed by atoms with Gasteiger partial charge in [0.25, 0.3) is 11.8 Å². The Morgan fingerprint density at radius 1 is 0.955 bits per heavy atom. The third-order valence-electron chi connectivity index (χ3n) is 8.23. The molecule has 4 heterocycles. The Balaban J connectivity index is 1.54. The van der Waals surface area contributed by atoms with E-state index in [9.17, 15) is 19.2 Å². The Labute approximate surface area is 256 Å². The molecule has 44 heavy (non-hydrogen) atoms. The average molecular weight is 608 g/mol. The monoisotopic (exact) mass is 607 g/mol. The highest BCUT2D eigenvalue weighted by atomic mass is 16.6. The van der Waals surface area contributed by atoms with Gasteiger partial charge in [0, 0.05) is 11.9 Å². The normalized spacial score (nSPS) is 27.2. The minimum absolute atomic E-state index is 0.0125. The SMILES string of the molecule is CC1NC(=O)C(C(C)C)OC(=O)C2(C=Cc3ccc4ccc(nc4c3)C(C)NC(=O)C3CCCN(N3)C1=O)COCCOC2. The van der Waals surface area contributed by atoms with Gasteiger partial charge in [-0.15, -0.1) is 0 Å². The number of hydrogen-bond acceptors (Lipinski definition) is 9. The van der Waals surface area contributed by atoms with E-state index in [1.807, 2.05) is 37.3 Å². The van der Waals surface area contributed by atoms with Crippen LogP contribution in [0.5, 0.6) is 0 Å². The number of benzene rings is 1. The zero-order valence-corrected chi connectivity index (χ0v) is 25.6. The van der Waals surface area contributed by atoms with E-state index in [1.54, 1.807) is 32.9 Å². The minimum atomic E-state index is -1.31. The number of cyclic esters (lactones) is 1. The van der Waals surface area contributed by atoms with Gasteiger partial charge in [0.15, 0.2) is 6.10 Å². The summed E-state index contributed by atoms with van der Waals surface area (Å²) < 4.78 is 17.4. The second kappa shape index (κ2) is 13.4. The zero-order valence-electron chi connectivity index (χ0n) is 25.6. The van der Waals surface area contributed by atoms with Crippen LogP contribution in [0.4, 0.5) is 0 Å². The highest BCUT2D eigenvalue weighted by Gasteiger charge is 2.43. The molecule has 3 amide bonds. The van der Waals surface area contributed by atoms with Crippen molar-refractivity contribution < 1.29 is 33.4 Å². The van der Waals surface area contributed by atoms with Gasteiger partial charge in [-0.2, -0.15) is 0 Å². The van der Waals surface area contributed by atoms with Crippen molar-refractivity contribution in [2.75, 3.05) is 33.0 Å². The summed E-state index contributed by atoms with van der Waals surface area (Å²) in [5.41, 5.74) is 3.92. The molecule has 2 fully saturated rings. The third-order valence-corrected chi connectivity index (χ3v) is 8.23. The summed E-state index contributed by atoms with van der Waals surface area (Å²) in [5, 5.41) is 8.02. The van der Waals surface area contributed by atoms with Crippen LogP contribution < -0.4 is 16.1 Å². The Morgan fingerprint density at radius 3 is 2.39 bits per heavy atom. The van der Waals surface area contributed by atoms with Crippen molar-refractivity contribution >= 4 is 40.7 Å². The molecule has 3 aliphatic rings. The van der Waals surface area contributed by atoms with Crippen LogP contribution in [0.2, 0.25) is 0 Å². The molecule has 2 saturated heterocycles. The van der Waals surface area contributed by atoms with Gasteiger partial charge in [0.1, 0.15) is 17.5 Å². The van der Waals surface area contributed by atoms with Gasteiger partial charge < -0.3 is 24.8 Å². The first-order valence-corrected chi connectivity index (χ1v) is 15.2. The molecule has 5 rings (SSSR count). The molecule has 3 aliphatic heterocycles. The standard InChI is InChI=1S/C32H41N5O7/c1-19(2)27-29(39)34-21(4)30(40)37-13-5-6-25(36-37)28(38)33-20(3)24-10-9-23-8-7-22(16-26(23)35-24)11-12-32(31(41)44-27)17-42-14-15-43-18-32/h7-12,16,19-21,25,27,36H,5-6,13-15,17-18H2,1-4H3,(H,33,38)(H,34,39). The van der Waals surface area contributed by atoms with Gasteiger partial charge in [-0.25, -0.2) is 5.43 Å². The van der Waals surface area contributed by atoms with Gasteiger partial charge in [-0.3, -0.25) is 29.2 Å². The maximum Gasteiger partial charge on any atom is 0.321 e. The molecular weight excluding hydrogens is 566 g/mol. The Morgan fingerprint density at radius 2 is 1.66 bits per heavy atom. The largest absolute Gasteiger partial charge is 0.451 e. The summed E-state index contributed by atoms with van der Waals surface area (Å²) in [7, 11) is 0. The quantitative estimate of drug-likeness (QED) is 0.414. The van der Waals surface area contributed by atoms with Crippen LogP contribution in [0.3, 0.4) is 0 Å². The number of ether oxygens (including phenoxy) is 3. The number of pyridine rings is 1. The number of carbonyl (C=O) groups excluding carboxylic acids is 4. The lowest BCUT2D eigenvalue weighted by Gasteiger charge is -2.35. The molecular formula is C32H41N5O7. The van der Waals surface area contributed by atoms with Gasteiger partial charge in [-0.05, 0) is 50.3 Å². The number of hydrazine groups is 1. The molecule has 12 nitrogen and oxygen atoms in total. The number of nitrogens with one attached hydrogen (secondary N) is 3. The summed E-state index contributed by atoms with van der Waals surface area (Å²) in [6.07, 6.45) is 3.49. The number of rotatable bonds is 1. The second-order valence-corrected chi connectivity index (χ2v) is 12.1. The van der Waals surface area contributed by atoms with Crippen LogP contribution in [0, 0.1) is 11.3 Å². The fourth-order valence-corrected chi connectivity index (χ4v) is 5.54. The summed E-state index contributed by atoms with van der Waals surface area (Å²) >= 11 is 0. The van der Waals surface area contributed by atoms with Crippen molar-refractivity contribution in [3.05, 3.63) is 47.7 Å². The zero-order chi connectivity index (χ0) is 31.4. The van der Waals surface area contributed by atoms with Crippen molar-refractivity contribution in [2.45, 2.75) is 64.8 Å². The summed E-state index contributed by atoms with van der Waals surface area (Å²) in [6.45, 7) is 8.00. The molecule has 4 unspecified atom stereocenters. The number of amides is 3. The lowest BCUT2D eigenvalue weighted by atomic mass is 9.88. The van der Waals surface area contributed by atoms with E-state index in [-0.39, 0.29) is 25.0 Å². The number of nitrogens with zero attached hydrogens (tertiary/aromatic N) is 2. The predicted molar refractivity (Wildman–Crippen MR) is 162 cm³/mol. The fourth-order valence-electron chi connectivity index (χ4n) is 5.54. The van der Waals surface area contributed by atoms with Gasteiger partial charge >= 0.3 is 5.97 Å². The first-order chi connectivity index (χ1) is 21.1. The number of fused-ring (bicyclic) bond motifs is 4. The first kappa shape index (κ1) is 31.6. The van der Waals surface area contributed by atoms with Crippen molar-refractivity contribution in [1.82, 2.24) is 26.1 Å². The van der Waals surface area contributed by atoms with Crippen molar-refractivity contribution in [2.24, 2.45) is 11.3 Å². The molecule has 1 aromatic carbocycles. The number of hydrogen-bond donors (Lipinski definition) is 3. The molecule has 3 N–H and O–H groups in total. The van der Waals surface area contributed by atoms with Crippen LogP contribution in [0.25, 0.3) is 17.0 Å². The second-order valence-electron chi connectivity index (χ2n) is 12.1. The lowest BCUT2D eigenvalue weighted by molar-refractivity contribution is -0.170.